The maximum absolute atomic E-state index is 14.0. The van der Waals surface area contributed by atoms with Crippen LogP contribution in [0, 0.1) is 0 Å². The third kappa shape index (κ3) is 4.62. The first-order valence-corrected chi connectivity index (χ1v) is 12.4. The first-order chi connectivity index (χ1) is 17.6. The molecule has 0 spiro atoms. The molecular formula is C28H27ClN4O3. The van der Waals surface area contributed by atoms with Crippen molar-refractivity contribution >= 4 is 34.9 Å². The molecule has 2 aromatic heterocycles. The largest absolute Gasteiger partial charge is 0.467 e. The van der Waals surface area contributed by atoms with Gasteiger partial charge < -0.3 is 19.2 Å². The highest BCUT2D eigenvalue weighted by Gasteiger charge is 2.38. The van der Waals surface area contributed by atoms with Crippen molar-refractivity contribution in [3.8, 4) is 5.69 Å². The molecule has 5 rings (SSSR count). The zero-order valence-electron chi connectivity index (χ0n) is 19.9. The molecule has 184 valence electrons. The minimum atomic E-state index is -0.454. The molecule has 0 saturated carbocycles. The number of carbonyl (C=O) groups is 2. The van der Waals surface area contributed by atoms with E-state index in [1.807, 2.05) is 54.7 Å². The Morgan fingerprint density at radius 2 is 1.78 bits per heavy atom. The van der Waals surface area contributed by atoms with Gasteiger partial charge in [0.1, 0.15) is 18.3 Å². The van der Waals surface area contributed by atoms with Crippen LogP contribution >= 0.6 is 11.6 Å². The molecule has 0 fully saturated rings. The predicted molar refractivity (Wildman–Crippen MR) is 141 cm³/mol. The summed E-state index contributed by atoms with van der Waals surface area (Å²) in [6, 6.07) is 21.5. The number of nitrogens with one attached hydrogen (secondary N) is 1. The van der Waals surface area contributed by atoms with Crippen LogP contribution in [0.4, 0.5) is 16.2 Å². The second kappa shape index (κ2) is 10.3. The van der Waals surface area contributed by atoms with Crippen LogP contribution in [0.2, 0.25) is 5.02 Å². The number of unbranched alkanes of at least 4 members (excludes halogenated alkanes) is 1. The van der Waals surface area contributed by atoms with Crippen molar-refractivity contribution in [3.05, 3.63) is 102 Å². The number of rotatable bonds is 7. The van der Waals surface area contributed by atoms with Crippen LogP contribution < -0.4 is 10.2 Å². The van der Waals surface area contributed by atoms with Crippen LogP contribution in [0.15, 0.2) is 89.7 Å². The maximum atomic E-state index is 14.0. The minimum Gasteiger partial charge on any atom is -0.467 e. The smallest absolute Gasteiger partial charge is 0.322 e. The van der Waals surface area contributed by atoms with Crippen molar-refractivity contribution in [2.24, 2.45) is 0 Å². The van der Waals surface area contributed by atoms with Crippen LogP contribution in [-0.2, 0) is 4.79 Å². The molecule has 1 N–H and O–H groups in total. The SMILES string of the molecule is CCCCN(CC(=O)N1c2ccccc2-n2cccc2C1c1ccco1)C(=O)Nc1ccc(Cl)cc1. The Balaban J connectivity index is 1.47. The number of amides is 3. The fraction of sp³-hybridized carbons (Fsp3) is 0.214. The highest BCUT2D eigenvalue weighted by atomic mass is 35.5. The Morgan fingerprint density at radius 1 is 1.00 bits per heavy atom. The molecular weight excluding hydrogens is 476 g/mol. The lowest BCUT2D eigenvalue weighted by atomic mass is 10.0. The second-order valence-electron chi connectivity index (χ2n) is 8.69. The Kier molecular flexibility index (Phi) is 6.82. The van der Waals surface area contributed by atoms with Gasteiger partial charge in [-0.1, -0.05) is 37.1 Å². The lowest BCUT2D eigenvalue weighted by Crippen LogP contribution is -2.47. The zero-order chi connectivity index (χ0) is 25.1. The molecule has 0 saturated heterocycles. The van der Waals surface area contributed by atoms with E-state index in [2.05, 4.69) is 16.8 Å². The highest BCUT2D eigenvalue weighted by Crippen LogP contribution is 2.42. The summed E-state index contributed by atoms with van der Waals surface area (Å²) in [4.78, 5) is 30.5. The van der Waals surface area contributed by atoms with E-state index < -0.39 is 6.04 Å². The Hall–Kier alpha value is -3.97. The normalized spacial score (nSPS) is 14.2. The van der Waals surface area contributed by atoms with Gasteiger partial charge in [-0.15, -0.1) is 0 Å². The van der Waals surface area contributed by atoms with Gasteiger partial charge in [0.05, 0.1) is 23.3 Å². The molecule has 1 aliphatic rings. The molecule has 8 heteroatoms. The zero-order valence-corrected chi connectivity index (χ0v) is 20.7. The number of para-hydroxylation sites is 2. The molecule has 3 heterocycles. The van der Waals surface area contributed by atoms with Gasteiger partial charge in [-0.25, -0.2) is 4.79 Å². The number of aromatic nitrogens is 1. The van der Waals surface area contributed by atoms with Gasteiger partial charge in [-0.2, -0.15) is 0 Å². The number of benzene rings is 2. The van der Waals surface area contributed by atoms with Crippen molar-refractivity contribution in [1.82, 2.24) is 9.47 Å². The quantitative estimate of drug-likeness (QED) is 0.314. The molecule has 0 aliphatic carbocycles. The van der Waals surface area contributed by atoms with Crippen LogP contribution in [0.1, 0.15) is 37.3 Å². The average molecular weight is 503 g/mol. The second-order valence-corrected chi connectivity index (χ2v) is 9.12. The number of fused-ring (bicyclic) bond motifs is 3. The molecule has 7 nitrogen and oxygen atoms in total. The maximum Gasteiger partial charge on any atom is 0.322 e. The summed E-state index contributed by atoms with van der Waals surface area (Å²) < 4.78 is 7.87. The Labute approximate surface area is 214 Å². The first-order valence-electron chi connectivity index (χ1n) is 12.0. The monoisotopic (exact) mass is 502 g/mol. The number of urea groups is 1. The summed E-state index contributed by atoms with van der Waals surface area (Å²) in [5.41, 5.74) is 3.20. The summed E-state index contributed by atoms with van der Waals surface area (Å²) in [5, 5.41) is 3.48. The molecule has 1 aliphatic heterocycles. The van der Waals surface area contributed by atoms with Crippen molar-refractivity contribution in [3.63, 3.8) is 0 Å². The predicted octanol–water partition coefficient (Wildman–Crippen LogP) is 6.49. The van der Waals surface area contributed by atoms with Gasteiger partial charge in [0.15, 0.2) is 0 Å². The van der Waals surface area contributed by atoms with Crippen molar-refractivity contribution < 1.29 is 14.0 Å². The topological polar surface area (TPSA) is 70.7 Å². The number of halogens is 1. The van der Waals surface area contributed by atoms with Crippen LogP contribution in [0.5, 0.6) is 0 Å². The molecule has 0 bridgehead atoms. The van der Waals surface area contributed by atoms with Crippen LogP contribution in [0.3, 0.4) is 0 Å². The van der Waals surface area contributed by atoms with E-state index >= 15 is 0 Å². The third-order valence-corrected chi connectivity index (χ3v) is 6.54. The van der Waals surface area contributed by atoms with Crippen LogP contribution in [-0.4, -0.2) is 34.5 Å². The molecule has 3 amide bonds. The van der Waals surface area contributed by atoms with Crippen molar-refractivity contribution in [2.45, 2.75) is 25.8 Å². The standard InChI is InChI=1S/C28H27ClN4O3/c1-2-3-16-31(28(35)30-21-14-12-20(29)13-15-21)19-26(34)33-23-9-5-4-8-22(23)32-17-6-10-24(32)27(33)25-11-7-18-36-25/h4-15,17-18,27H,2-3,16,19H2,1H3,(H,30,35). The summed E-state index contributed by atoms with van der Waals surface area (Å²) >= 11 is 5.98. The number of hydrogen-bond acceptors (Lipinski definition) is 3. The lowest BCUT2D eigenvalue weighted by Gasteiger charge is -2.38. The average Bonchev–Trinajstić information content (AvgIpc) is 3.59. The van der Waals surface area contributed by atoms with Gasteiger partial charge >= 0.3 is 6.03 Å². The summed E-state index contributed by atoms with van der Waals surface area (Å²) in [7, 11) is 0. The molecule has 36 heavy (non-hydrogen) atoms. The Bertz CT molecular complexity index is 1350. The first kappa shape index (κ1) is 23.8. The Morgan fingerprint density at radius 3 is 2.50 bits per heavy atom. The van der Waals surface area contributed by atoms with Crippen molar-refractivity contribution in [1.29, 1.82) is 0 Å². The summed E-state index contributed by atoms with van der Waals surface area (Å²) in [6.45, 7) is 2.43. The number of hydrogen-bond donors (Lipinski definition) is 1. The van der Waals surface area contributed by atoms with Crippen LogP contribution in [0.25, 0.3) is 5.69 Å². The lowest BCUT2D eigenvalue weighted by molar-refractivity contribution is -0.119. The number of anilines is 2. The molecule has 2 aromatic carbocycles. The van der Waals surface area contributed by atoms with E-state index in [-0.39, 0.29) is 18.5 Å². The van der Waals surface area contributed by atoms with Crippen molar-refractivity contribution in [2.75, 3.05) is 23.3 Å². The molecule has 1 unspecified atom stereocenters. The summed E-state index contributed by atoms with van der Waals surface area (Å²) in [5.74, 6) is 0.460. The molecule has 1 atom stereocenters. The van der Waals surface area contributed by atoms with E-state index in [1.54, 1.807) is 40.3 Å². The van der Waals surface area contributed by atoms with E-state index in [0.29, 0.717) is 23.0 Å². The van der Waals surface area contributed by atoms with Gasteiger partial charge in [0, 0.05) is 23.5 Å². The summed E-state index contributed by atoms with van der Waals surface area (Å²) in [6.07, 6.45) is 5.27. The van der Waals surface area contributed by atoms with E-state index in [4.69, 9.17) is 16.0 Å². The fourth-order valence-corrected chi connectivity index (χ4v) is 4.68. The minimum absolute atomic E-state index is 0.0777. The molecule has 4 aromatic rings. The van der Waals surface area contributed by atoms with Gasteiger partial charge in [-0.3, -0.25) is 9.69 Å². The van der Waals surface area contributed by atoms with Gasteiger partial charge in [-0.05, 0) is 67.1 Å². The molecule has 0 radical (unpaired) electrons. The number of furan rings is 1. The highest BCUT2D eigenvalue weighted by molar-refractivity contribution is 6.30. The fourth-order valence-electron chi connectivity index (χ4n) is 4.55. The van der Waals surface area contributed by atoms with E-state index in [9.17, 15) is 9.59 Å². The van der Waals surface area contributed by atoms with Gasteiger partial charge in [0.25, 0.3) is 0 Å². The van der Waals surface area contributed by atoms with E-state index in [0.717, 1.165) is 29.9 Å². The number of nitrogens with zero attached hydrogens (tertiary/aromatic N) is 3. The van der Waals surface area contributed by atoms with E-state index in [1.165, 1.54) is 0 Å². The number of carbonyl (C=O) groups excluding carboxylic acids is 2. The van der Waals surface area contributed by atoms with Gasteiger partial charge in [0.2, 0.25) is 5.91 Å². The third-order valence-electron chi connectivity index (χ3n) is 6.29.